The largest absolute Gasteiger partial charge is 0.494 e. The number of carbonyl (C=O) groups excluding carboxylic acids is 1. The van der Waals surface area contributed by atoms with Crippen molar-refractivity contribution in [3.05, 3.63) is 40.2 Å². The lowest BCUT2D eigenvalue weighted by Crippen LogP contribution is -2.28. The first-order valence-corrected chi connectivity index (χ1v) is 7.00. The van der Waals surface area contributed by atoms with Crippen molar-refractivity contribution in [1.29, 1.82) is 0 Å². The minimum atomic E-state index is -0.550. The number of nitrogens with one attached hydrogen (secondary N) is 1. The number of amides is 1. The number of ether oxygens (including phenoxy) is 1. The van der Waals surface area contributed by atoms with Crippen LogP contribution in [-0.2, 0) is 0 Å². The van der Waals surface area contributed by atoms with E-state index in [0.717, 1.165) is 0 Å². The van der Waals surface area contributed by atoms with Gasteiger partial charge in [-0.3, -0.25) is 4.79 Å². The molecule has 0 radical (unpaired) electrons. The zero-order valence-corrected chi connectivity index (χ0v) is 12.4. The fraction of sp³-hybridized carbons (Fsp3) is 0.375. The van der Waals surface area contributed by atoms with Gasteiger partial charge in [0.25, 0.3) is 5.91 Å². The Labute approximate surface area is 122 Å². The Bertz CT molecular complexity index is 703. The summed E-state index contributed by atoms with van der Waals surface area (Å²) in [5.41, 5.74) is 0.124. The second-order valence-corrected chi connectivity index (χ2v) is 5.17. The highest BCUT2D eigenvalue weighted by atomic mass is 16.5. The van der Waals surface area contributed by atoms with Gasteiger partial charge in [-0.1, -0.05) is 13.8 Å². The average Bonchev–Trinajstić information content (AvgIpc) is 2.43. The van der Waals surface area contributed by atoms with E-state index in [1.54, 1.807) is 18.2 Å². The molecule has 1 heterocycles. The van der Waals surface area contributed by atoms with Crippen molar-refractivity contribution in [3.8, 4) is 5.75 Å². The standard InChI is InChI=1S/C16H19NO4/c1-4-20-11-5-6-12-13(16(19)17-9-10(2)3)8-15(18)21-14(12)7-11/h5-8,10H,4,9H2,1-3H3,(H,17,19). The van der Waals surface area contributed by atoms with Crippen LogP contribution in [0.25, 0.3) is 11.0 Å². The topological polar surface area (TPSA) is 68.5 Å². The molecule has 112 valence electrons. The second kappa shape index (κ2) is 6.43. The van der Waals surface area contributed by atoms with Crippen molar-refractivity contribution in [2.24, 2.45) is 5.92 Å². The predicted molar refractivity (Wildman–Crippen MR) is 80.8 cm³/mol. The smallest absolute Gasteiger partial charge is 0.337 e. The molecule has 0 unspecified atom stereocenters. The van der Waals surface area contributed by atoms with Gasteiger partial charge in [-0.05, 0) is 25.0 Å². The SMILES string of the molecule is CCOc1ccc2c(C(=O)NCC(C)C)cc(=O)oc2c1. The minimum absolute atomic E-state index is 0.272. The molecule has 1 N–H and O–H groups in total. The van der Waals surface area contributed by atoms with E-state index in [9.17, 15) is 9.59 Å². The van der Waals surface area contributed by atoms with E-state index in [1.165, 1.54) is 6.07 Å². The van der Waals surface area contributed by atoms with Crippen molar-refractivity contribution in [2.75, 3.05) is 13.2 Å². The summed E-state index contributed by atoms with van der Waals surface area (Å²) in [5, 5.41) is 3.40. The Morgan fingerprint density at radius 2 is 2.10 bits per heavy atom. The fourth-order valence-electron chi connectivity index (χ4n) is 1.98. The number of benzene rings is 1. The maximum absolute atomic E-state index is 12.2. The molecule has 0 bridgehead atoms. The Morgan fingerprint density at radius 1 is 1.33 bits per heavy atom. The van der Waals surface area contributed by atoms with Crippen LogP contribution in [0.15, 0.2) is 33.5 Å². The monoisotopic (exact) mass is 289 g/mol. The van der Waals surface area contributed by atoms with Crippen molar-refractivity contribution >= 4 is 16.9 Å². The molecule has 1 aromatic carbocycles. The third-order valence-electron chi connectivity index (χ3n) is 2.94. The van der Waals surface area contributed by atoms with Gasteiger partial charge in [0.15, 0.2) is 0 Å². The zero-order valence-electron chi connectivity index (χ0n) is 12.4. The maximum atomic E-state index is 12.2. The summed E-state index contributed by atoms with van der Waals surface area (Å²) in [6, 6.07) is 6.33. The Morgan fingerprint density at radius 3 is 2.76 bits per heavy atom. The first-order valence-electron chi connectivity index (χ1n) is 7.00. The van der Waals surface area contributed by atoms with Crippen molar-refractivity contribution < 1.29 is 13.9 Å². The average molecular weight is 289 g/mol. The van der Waals surface area contributed by atoms with Crippen LogP contribution in [-0.4, -0.2) is 19.1 Å². The van der Waals surface area contributed by atoms with Crippen LogP contribution in [0.4, 0.5) is 0 Å². The van der Waals surface area contributed by atoms with Gasteiger partial charge in [0, 0.05) is 24.1 Å². The molecule has 0 aliphatic carbocycles. The number of hydrogen-bond acceptors (Lipinski definition) is 4. The second-order valence-electron chi connectivity index (χ2n) is 5.17. The molecular formula is C16H19NO4. The normalized spacial score (nSPS) is 10.9. The van der Waals surface area contributed by atoms with E-state index in [-0.39, 0.29) is 5.91 Å². The van der Waals surface area contributed by atoms with Crippen LogP contribution < -0.4 is 15.7 Å². The summed E-state index contributed by atoms with van der Waals surface area (Å²) < 4.78 is 10.5. The van der Waals surface area contributed by atoms with Gasteiger partial charge in [-0.15, -0.1) is 0 Å². The fourth-order valence-corrected chi connectivity index (χ4v) is 1.98. The van der Waals surface area contributed by atoms with Crippen molar-refractivity contribution in [1.82, 2.24) is 5.32 Å². The molecule has 0 aliphatic heterocycles. The molecular weight excluding hydrogens is 270 g/mol. The summed E-state index contributed by atoms with van der Waals surface area (Å²) in [6.45, 7) is 6.95. The van der Waals surface area contributed by atoms with Gasteiger partial charge in [0.1, 0.15) is 11.3 Å². The van der Waals surface area contributed by atoms with E-state index >= 15 is 0 Å². The molecule has 2 aromatic rings. The number of fused-ring (bicyclic) bond motifs is 1. The highest BCUT2D eigenvalue weighted by Gasteiger charge is 2.14. The van der Waals surface area contributed by atoms with Crippen LogP contribution in [0, 0.1) is 5.92 Å². The first-order chi connectivity index (χ1) is 10.0. The summed E-state index contributed by atoms with van der Waals surface area (Å²) in [4.78, 5) is 23.8. The number of rotatable bonds is 5. The third kappa shape index (κ3) is 3.62. The molecule has 5 heteroatoms. The predicted octanol–water partition coefficient (Wildman–Crippen LogP) is 2.58. The lowest BCUT2D eigenvalue weighted by atomic mass is 10.1. The van der Waals surface area contributed by atoms with Crippen molar-refractivity contribution in [2.45, 2.75) is 20.8 Å². The summed E-state index contributed by atoms with van der Waals surface area (Å²) in [7, 11) is 0. The van der Waals surface area contributed by atoms with E-state index < -0.39 is 5.63 Å². The molecule has 21 heavy (non-hydrogen) atoms. The minimum Gasteiger partial charge on any atom is -0.494 e. The highest BCUT2D eigenvalue weighted by molar-refractivity contribution is 6.05. The lowest BCUT2D eigenvalue weighted by molar-refractivity contribution is 0.0950. The number of carbonyl (C=O) groups is 1. The Balaban J connectivity index is 2.43. The summed E-state index contributed by atoms with van der Waals surface area (Å²) in [5.74, 6) is 0.670. The lowest BCUT2D eigenvalue weighted by Gasteiger charge is -2.10. The molecule has 0 aliphatic rings. The molecule has 5 nitrogen and oxygen atoms in total. The molecule has 1 amide bonds. The molecule has 0 saturated carbocycles. The summed E-state index contributed by atoms with van der Waals surface area (Å²) >= 11 is 0. The van der Waals surface area contributed by atoms with Crippen LogP contribution in [0.3, 0.4) is 0 Å². The molecule has 1 aromatic heterocycles. The van der Waals surface area contributed by atoms with E-state index in [4.69, 9.17) is 9.15 Å². The zero-order chi connectivity index (χ0) is 15.4. The van der Waals surface area contributed by atoms with Gasteiger partial charge in [-0.2, -0.15) is 0 Å². The van der Waals surface area contributed by atoms with Gasteiger partial charge >= 0.3 is 5.63 Å². The third-order valence-corrected chi connectivity index (χ3v) is 2.94. The van der Waals surface area contributed by atoms with Gasteiger partial charge in [-0.25, -0.2) is 4.79 Å². The quantitative estimate of drug-likeness (QED) is 0.859. The molecule has 2 rings (SSSR count). The van der Waals surface area contributed by atoms with Crippen molar-refractivity contribution in [3.63, 3.8) is 0 Å². The maximum Gasteiger partial charge on any atom is 0.337 e. The summed E-state index contributed by atoms with van der Waals surface area (Å²) in [6.07, 6.45) is 0. The first kappa shape index (κ1) is 15.1. The Kier molecular flexibility index (Phi) is 4.62. The molecule has 0 saturated heterocycles. The van der Waals surface area contributed by atoms with Crippen LogP contribution >= 0.6 is 0 Å². The van der Waals surface area contributed by atoms with Gasteiger partial charge in [0.2, 0.25) is 0 Å². The molecule has 0 fully saturated rings. The molecule has 0 spiro atoms. The van der Waals surface area contributed by atoms with E-state index in [2.05, 4.69) is 5.32 Å². The van der Waals surface area contributed by atoms with Crippen LogP contribution in [0.5, 0.6) is 5.75 Å². The van der Waals surface area contributed by atoms with E-state index in [1.807, 2.05) is 20.8 Å². The Hall–Kier alpha value is -2.30. The number of hydrogen-bond donors (Lipinski definition) is 1. The van der Waals surface area contributed by atoms with Crippen LogP contribution in [0.1, 0.15) is 31.1 Å². The van der Waals surface area contributed by atoms with Gasteiger partial charge < -0.3 is 14.5 Å². The van der Waals surface area contributed by atoms with Crippen LogP contribution in [0.2, 0.25) is 0 Å². The highest BCUT2D eigenvalue weighted by Crippen LogP contribution is 2.22. The molecule has 0 atom stereocenters. The van der Waals surface area contributed by atoms with Gasteiger partial charge in [0.05, 0.1) is 12.2 Å². The van der Waals surface area contributed by atoms with E-state index in [0.29, 0.717) is 41.4 Å².